The molecule has 2 aromatic heterocycles. The number of halogens is 1. The molecule has 2 heterocycles. The average Bonchev–Trinajstić information content (AvgIpc) is 3.10. The molecule has 0 amide bonds. The number of aryl methyl sites for hydroxylation is 1. The summed E-state index contributed by atoms with van der Waals surface area (Å²) in [5, 5.41) is 0.971. The zero-order valence-corrected chi connectivity index (χ0v) is 18.2. The molecule has 4 aromatic rings. The molecular formula is C23H20ClN3O2S. The fraction of sp³-hybridized carbons (Fsp3) is 0.174. The number of para-hydroxylation sites is 1. The van der Waals surface area contributed by atoms with E-state index in [1.165, 1.54) is 11.3 Å². The van der Waals surface area contributed by atoms with Gasteiger partial charge in [0.2, 0.25) is 5.28 Å². The van der Waals surface area contributed by atoms with Crippen LogP contribution in [0.15, 0.2) is 60.7 Å². The highest BCUT2D eigenvalue weighted by Gasteiger charge is 2.24. The van der Waals surface area contributed by atoms with Crippen molar-refractivity contribution >= 4 is 50.6 Å². The lowest BCUT2D eigenvalue weighted by molar-refractivity contribution is 0.0478. The van der Waals surface area contributed by atoms with Crippen molar-refractivity contribution in [2.24, 2.45) is 0 Å². The van der Waals surface area contributed by atoms with Gasteiger partial charge < -0.3 is 9.64 Å². The Morgan fingerprint density at radius 3 is 2.40 bits per heavy atom. The minimum absolute atomic E-state index is 0.150. The topological polar surface area (TPSA) is 55.3 Å². The molecule has 0 saturated carbocycles. The van der Waals surface area contributed by atoms with Crippen LogP contribution >= 0.6 is 22.9 Å². The van der Waals surface area contributed by atoms with E-state index in [9.17, 15) is 4.79 Å². The van der Waals surface area contributed by atoms with Gasteiger partial charge in [0.05, 0.1) is 5.39 Å². The predicted molar refractivity (Wildman–Crippen MR) is 122 cm³/mol. The van der Waals surface area contributed by atoms with Gasteiger partial charge in [-0.25, -0.2) is 9.78 Å². The van der Waals surface area contributed by atoms with Crippen LogP contribution in [0.5, 0.6) is 0 Å². The van der Waals surface area contributed by atoms with Crippen molar-refractivity contribution in [3.63, 3.8) is 0 Å². The highest BCUT2D eigenvalue weighted by Crippen LogP contribution is 2.38. The molecule has 5 nitrogen and oxygen atoms in total. The van der Waals surface area contributed by atoms with E-state index in [0.29, 0.717) is 22.1 Å². The molecular weight excluding hydrogens is 418 g/mol. The number of esters is 1. The van der Waals surface area contributed by atoms with E-state index < -0.39 is 0 Å². The Balaban J connectivity index is 1.73. The number of carbonyl (C=O) groups excluding carboxylic acids is 1. The van der Waals surface area contributed by atoms with Crippen LogP contribution in [0.25, 0.3) is 10.2 Å². The van der Waals surface area contributed by atoms with Gasteiger partial charge in [0.25, 0.3) is 0 Å². The number of rotatable bonds is 6. The van der Waals surface area contributed by atoms with Crippen molar-refractivity contribution in [3.8, 4) is 0 Å². The first-order valence-electron chi connectivity index (χ1n) is 9.58. The number of nitrogens with zero attached hydrogens (tertiary/aromatic N) is 3. The number of thiophene rings is 1. The van der Waals surface area contributed by atoms with Gasteiger partial charge in [-0.05, 0) is 48.7 Å². The van der Waals surface area contributed by atoms with Gasteiger partial charge in [-0.3, -0.25) is 0 Å². The van der Waals surface area contributed by atoms with E-state index in [4.69, 9.17) is 16.3 Å². The summed E-state index contributed by atoms with van der Waals surface area (Å²) in [4.78, 5) is 24.9. The van der Waals surface area contributed by atoms with E-state index in [2.05, 4.69) is 14.9 Å². The first kappa shape index (κ1) is 20.3. The molecule has 30 heavy (non-hydrogen) atoms. The van der Waals surface area contributed by atoms with Crippen molar-refractivity contribution < 1.29 is 9.53 Å². The molecule has 0 aliphatic carbocycles. The summed E-state index contributed by atoms with van der Waals surface area (Å²) in [6, 6.07) is 19.6. The lowest BCUT2D eigenvalue weighted by atomic mass is 10.2. The second-order valence-corrected chi connectivity index (χ2v) is 8.03. The van der Waals surface area contributed by atoms with E-state index in [-0.39, 0.29) is 17.9 Å². The SMILES string of the molecule is CCN(c1ccccc1)c1nc(Cl)nc2sc(C(=O)OCc3ccccc3)c(C)c12. The number of fused-ring (bicyclic) bond motifs is 1. The standard InChI is InChI=1S/C23H20ClN3O2S/c1-3-27(17-12-8-5-9-13-17)20-18-15(2)19(30-21(18)26-23(24)25-20)22(28)29-14-16-10-6-4-7-11-16/h4-13H,3,14H2,1-2H3. The second-order valence-electron chi connectivity index (χ2n) is 6.69. The molecule has 0 aliphatic heterocycles. The maximum atomic E-state index is 12.8. The Morgan fingerprint density at radius 1 is 1.07 bits per heavy atom. The Hall–Kier alpha value is -2.96. The highest BCUT2D eigenvalue weighted by atomic mass is 35.5. The largest absolute Gasteiger partial charge is 0.457 e. The van der Waals surface area contributed by atoms with Crippen LogP contribution in [0.3, 0.4) is 0 Å². The van der Waals surface area contributed by atoms with E-state index in [1.54, 1.807) is 0 Å². The summed E-state index contributed by atoms with van der Waals surface area (Å²) in [5.41, 5.74) is 2.73. The third-order valence-electron chi connectivity index (χ3n) is 4.78. The number of anilines is 2. The van der Waals surface area contributed by atoms with Crippen molar-refractivity contribution in [1.29, 1.82) is 0 Å². The zero-order chi connectivity index (χ0) is 21.1. The molecule has 7 heteroatoms. The third-order valence-corrected chi connectivity index (χ3v) is 6.12. The van der Waals surface area contributed by atoms with Crippen LogP contribution in [0, 0.1) is 6.92 Å². The minimum Gasteiger partial charge on any atom is -0.457 e. The van der Waals surface area contributed by atoms with E-state index in [1.807, 2.05) is 74.5 Å². The quantitative estimate of drug-likeness (QED) is 0.267. The van der Waals surface area contributed by atoms with Crippen molar-refractivity contribution in [2.75, 3.05) is 11.4 Å². The second kappa shape index (κ2) is 8.81. The Kier molecular flexibility index (Phi) is 5.97. The lowest BCUT2D eigenvalue weighted by Crippen LogP contribution is -2.18. The maximum absolute atomic E-state index is 12.8. The predicted octanol–water partition coefficient (Wildman–Crippen LogP) is 6.17. The third kappa shape index (κ3) is 4.01. The number of benzene rings is 2. The molecule has 0 unspecified atom stereocenters. The number of hydrogen-bond acceptors (Lipinski definition) is 6. The summed E-state index contributed by atoms with van der Waals surface area (Å²) in [5.74, 6) is 0.318. The fourth-order valence-corrected chi connectivity index (χ4v) is 4.62. The van der Waals surface area contributed by atoms with E-state index >= 15 is 0 Å². The normalized spacial score (nSPS) is 10.9. The molecule has 0 bridgehead atoms. The molecule has 4 rings (SSSR count). The van der Waals surface area contributed by atoms with Gasteiger partial charge in [0.1, 0.15) is 22.1 Å². The Morgan fingerprint density at radius 2 is 1.73 bits per heavy atom. The molecule has 0 atom stereocenters. The van der Waals surface area contributed by atoms with Gasteiger partial charge in [-0.2, -0.15) is 4.98 Å². The maximum Gasteiger partial charge on any atom is 0.349 e. The molecule has 0 fully saturated rings. The fourth-order valence-electron chi connectivity index (χ4n) is 3.33. The van der Waals surface area contributed by atoms with Gasteiger partial charge in [-0.15, -0.1) is 11.3 Å². The van der Waals surface area contributed by atoms with Crippen LogP contribution < -0.4 is 4.90 Å². The molecule has 0 spiro atoms. The van der Waals surface area contributed by atoms with Gasteiger partial charge in [0.15, 0.2) is 0 Å². The molecule has 0 radical (unpaired) electrons. The lowest BCUT2D eigenvalue weighted by Gasteiger charge is -2.23. The monoisotopic (exact) mass is 437 g/mol. The van der Waals surface area contributed by atoms with Crippen LogP contribution in [0.1, 0.15) is 27.7 Å². The molecule has 0 aliphatic rings. The Labute approximate surface area is 183 Å². The highest BCUT2D eigenvalue weighted by molar-refractivity contribution is 7.20. The van der Waals surface area contributed by atoms with Crippen molar-refractivity contribution in [3.05, 3.63) is 82.0 Å². The summed E-state index contributed by atoms with van der Waals surface area (Å²) in [6.45, 7) is 4.86. The Bertz CT molecular complexity index is 1180. The van der Waals surface area contributed by atoms with Crippen LogP contribution in [0.4, 0.5) is 11.5 Å². The smallest absolute Gasteiger partial charge is 0.349 e. The van der Waals surface area contributed by atoms with Crippen molar-refractivity contribution in [2.45, 2.75) is 20.5 Å². The summed E-state index contributed by atoms with van der Waals surface area (Å²) in [6.07, 6.45) is 0. The summed E-state index contributed by atoms with van der Waals surface area (Å²) < 4.78 is 5.54. The van der Waals surface area contributed by atoms with Gasteiger partial charge >= 0.3 is 5.97 Å². The zero-order valence-electron chi connectivity index (χ0n) is 16.6. The summed E-state index contributed by atoms with van der Waals surface area (Å²) >= 11 is 7.52. The number of hydrogen-bond donors (Lipinski definition) is 0. The molecule has 0 N–H and O–H groups in total. The number of ether oxygens (including phenoxy) is 1. The van der Waals surface area contributed by atoms with Crippen LogP contribution in [-0.4, -0.2) is 22.5 Å². The summed E-state index contributed by atoms with van der Waals surface area (Å²) in [7, 11) is 0. The first-order chi connectivity index (χ1) is 14.6. The number of carbonyl (C=O) groups is 1. The van der Waals surface area contributed by atoms with Crippen molar-refractivity contribution in [1.82, 2.24) is 9.97 Å². The van der Waals surface area contributed by atoms with Gasteiger partial charge in [0, 0.05) is 12.2 Å². The van der Waals surface area contributed by atoms with Crippen LogP contribution in [0.2, 0.25) is 5.28 Å². The average molecular weight is 438 g/mol. The minimum atomic E-state index is -0.371. The van der Waals surface area contributed by atoms with E-state index in [0.717, 1.165) is 22.2 Å². The molecule has 0 saturated heterocycles. The molecule has 2 aromatic carbocycles. The van der Waals surface area contributed by atoms with Gasteiger partial charge in [-0.1, -0.05) is 48.5 Å². The molecule has 152 valence electrons. The first-order valence-corrected chi connectivity index (χ1v) is 10.8. The number of aromatic nitrogens is 2. The van der Waals surface area contributed by atoms with Crippen LogP contribution in [-0.2, 0) is 11.3 Å².